The van der Waals surface area contributed by atoms with Crippen molar-refractivity contribution in [3.63, 3.8) is 0 Å². The molecular weight excluding hydrogens is 186 g/mol. The summed E-state index contributed by atoms with van der Waals surface area (Å²) in [5, 5.41) is 18.0. The molecule has 5 nitrogen and oxygen atoms in total. The molecule has 2 atom stereocenters. The quantitative estimate of drug-likeness (QED) is 0.531. The summed E-state index contributed by atoms with van der Waals surface area (Å²) >= 11 is 0. The van der Waals surface area contributed by atoms with Crippen molar-refractivity contribution < 1.29 is 19.8 Å². The summed E-state index contributed by atoms with van der Waals surface area (Å²) in [6, 6.07) is -0.946. The van der Waals surface area contributed by atoms with Gasteiger partial charge in [0.15, 0.2) is 0 Å². The first kappa shape index (κ1) is 10.5. The predicted octanol–water partition coefficient (Wildman–Crippen LogP) is -0.944. The first-order valence-electron chi connectivity index (χ1n) is 4.20. The molecule has 1 rings (SSSR count). The van der Waals surface area contributed by atoms with E-state index in [1.807, 2.05) is 0 Å². The van der Waals surface area contributed by atoms with E-state index < -0.39 is 24.0 Å². The highest BCUT2D eigenvalue weighted by Crippen LogP contribution is 2.17. The topological polar surface area (TPSA) is 77.8 Å². The third-order valence-electron chi connectivity index (χ3n) is 2.06. The lowest BCUT2D eigenvalue weighted by Crippen LogP contribution is -2.39. The molecule has 0 saturated carbocycles. The van der Waals surface area contributed by atoms with Crippen LogP contribution in [-0.2, 0) is 9.59 Å². The van der Waals surface area contributed by atoms with Crippen LogP contribution in [0.2, 0.25) is 0 Å². The first-order valence-corrected chi connectivity index (χ1v) is 4.20. The minimum atomic E-state index is -1.10. The smallest absolute Gasteiger partial charge is 0.326 e. The molecule has 0 aromatic rings. The van der Waals surface area contributed by atoms with E-state index in [0.29, 0.717) is 0 Å². The summed E-state index contributed by atoms with van der Waals surface area (Å²) in [4.78, 5) is 23.1. The van der Waals surface area contributed by atoms with Crippen LogP contribution in [0, 0.1) is 11.8 Å². The number of rotatable bonds is 1. The zero-order chi connectivity index (χ0) is 10.7. The van der Waals surface area contributed by atoms with E-state index in [9.17, 15) is 14.7 Å². The second kappa shape index (κ2) is 4.11. The Kier molecular flexibility index (Phi) is 3.10. The highest BCUT2D eigenvalue weighted by atomic mass is 16.4. The van der Waals surface area contributed by atoms with E-state index in [0.717, 1.165) is 4.90 Å². The fraction of sp³-hybridized carbons (Fsp3) is 0.556. The number of aliphatic carboxylic acids is 1. The lowest BCUT2D eigenvalue weighted by Gasteiger charge is -2.17. The molecule has 1 amide bonds. The van der Waals surface area contributed by atoms with Crippen LogP contribution >= 0.6 is 0 Å². The van der Waals surface area contributed by atoms with Crippen LogP contribution in [0.1, 0.15) is 13.3 Å². The molecule has 1 heterocycles. The third-order valence-corrected chi connectivity index (χ3v) is 2.06. The molecule has 1 saturated heterocycles. The van der Waals surface area contributed by atoms with Crippen LogP contribution in [0.15, 0.2) is 0 Å². The van der Waals surface area contributed by atoms with Gasteiger partial charge in [0.25, 0.3) is 5.91 Å². The molecule has 0 spiro atoms. The van der Waals surface area contributed by atoms with Crippen LogP contribution in [0.5, 0.6) is 0 Å². The number of β-amino-alcohol motifs (C(OH)–C–C–N with tert-alkyl or cyclic N) is 1. The van der Waals surface area contributed by atoms with Gasteiger partial charge in [0.1, 0.15) is 6.04 Å². The van der Waals surface area contributed by atoms with Gasteiger partial charge in [-0.3, -0.25) is 4.79 Å². The Hall–Kier alpha value is -1.54. The standard InChI is InChI=1S/C9H11NO4/c1-2-3-8(12)10-5-6(11)4-7(10)9(13)14/h6-7,11H,4-5H2,1H3,(H,13,14)/t6-,7+/m1/s1. The maximum Gasteiger partial charge on any atom is 0.326 e. The minimum absolute atomic E-state index is 0.0461. The van der Waals surface area contributed by atoms with Crippen LogP contribution < -0.4 is 0 Å². The monoisotopic (exact) mass is 197 g/mol. The Balaban J connectivity index is 2.79. The number of aliphatic hydroxyl groups is 1. The average Bonchev–Trinajstić information content (AvgIpc) is 2.48. The number of likely N-dealkylation sites (tertiary alicyclic amines) is 1. The first-order chi connectivity index (χ1) is 6.56. The number of carbonyl (C=O) groups is 2. The van der Waals surface area contributed by atoms with Crippen LogP contribution in [0.25, 0.3) is 0 Å². The van der Waals surface area contributed by atoms with Crippen LogP contribution in [0.4, 0.5) is 0 Å². The van der Waals surface area contributed by atoms with Gasteiger partial charge >= 0.3 is 5.97 Å². The Morgan fingerprint density at radius 3 is 2.64 bits per heavy atom. The van der Waals surface area contributed by atoms with Crippen molar-refractivity contribution in [2.45, 2.75) is 25.5 Å². The fourth-order valence-corrected chi connectivity index (χ4v) is 1.45. The number of hydrogen-bond donors (Lipinski definition) is 2. The highest BCUT2D eigenvalue weighted by molar-refractivity contribution is 5.96. The second-order valence-corrected chi connectivity index (χ2v) is 3.08. The zero-order valence-electron chi connectivity index (χ0n) is 7.73. The van der Waals surface area contributed by atoms with Crippen molar-refractivity contribution in [2.75, 3.05) is 6.54 Å². The van der Waals surface area contributed by atoms with Crippen molar-refractivity contribution in [2.24, 2.45) is 0 Å². The number of nitrogens with zero attached hydrogens (tertiary/aromatic N) is 1. The van der Waals surface area contributed by atoms with Crippen molar-refractivity contribution in [1.82, 2.24) is 4.90 Å². The van der Waals surface area contributed by atoms with Crippen LogP contribution in [0.3, 0.4) is 0 Å². The van der Waals surface area contributed by atoms with Crippen molar-refractivity contribution in [3.05, 3.63) is 0 Å². The predicted molar refractivity (Wildman–Crippen MR) is 47.2 cm³/mol. The van der Waals surface area contributed by atoms with Gasteiger partial charge in [0, 0.05) is 13.0 Å². The molecule has 0 aromatic carbocycles. The Morgan fingerprint density at radius 2 is 2.14 bits per heavy atom. The van der Waals surface area contributed by atoms with Crippen molar-refractivity contribution in [3.8, 4) is 11.8 Å². The van der Waals surface area contributed by atoms with Gasteiger partial charge in [-0.1, -0.05) is 5.92 Å². The molecule has 1 aliphatic heterocycles. The summed E-state index contributed by atoms with van der Waals surface area (Å²) in [6.45, 7) is 1.55. The van der Waals surface area contributed by atoms with Gasteiger partial charge in [-0.15, -0.1) is 0 Å². The SMILES string of the molecule is CC#CC(=O)N1C[C@H](O)C[C@H]1C(=O)O. The Bertz CT molecular complexity index is 315. The number of carboxylic acids is 1. The van der Waals surface area contributed by atoms with Gasteiger partial charge in [-0.05, 0) is 12.8 Å². The molecule has 2 N–H and O–H groups in total. The number of carboxylic acid groups (broad SMARTS) is 1. The van der Waals surface area contributed by atoms with Crippen molar-refractivity contribution in [1.29, 1.82) is 0 Å². The van der Waals surface area contributed by atoms with E-state index in [-0.39, 0.29) is 13.0 Å². The van der Waals surface area contributed by atoms with Gasteiger partial charge in [-0.2, -0.15) is 0 Å². The van der Waals surface area contributed by atoms with Gasteiger partial charge in [0.05, 0.1) is 6.10 Å². The van der Waals surface area contributed by atoms with E-state index in [4.69, 9.17) is 5.11 Å². The summed E-state index contributed by atoms with van der Waals surface area (Å²) < 4.78 is 0. The molecule has 1 fully saturated rings. The largest absolute Gasteiger partial charge is 0.480 e. The van der Waals surface area contributed by atoms with E-state index in [1.165, 1.54) is 6.92 Å². The third kappa shape index (κ3) is 2.03. The van der Waals surface area contributed by atoms with E-state index >= 15 is 0 Å². The molecule has 0 bridgehead atoms. The molecule has 0 radical (unpaired) electrons. The maximum absolute atomic E-state index is 11.3. The lowest BCUT2D eigenvalue weighted by atomic mass is 10.2. The number of amides is 1. The number of carbonyl (C=O) groups excluding carboxylic acids is 1. The van der Waals surface area contributed by atoms with Gasteiger partial charge in [-0.25, -0.2) is 4.79 Å². The average molecular weight is 197 g/mol. The second-order valence-electron chi connectivity index (χ2n) is 3.08. The molecular formula is C9H11NO4. The fourth-order valence-electron chi connectivity index (χ4n) is 1.45. The molecule has 0 aliphatic carbocycles. The Labute approximate surface area is 81.3 Å². The minimum Gasteiger partial charge on any atom is -0.480 e. The molecule has 0 unspecified atom stereocenters. The summed E-state index contributed by atoms with van der Waals surface area (Å²) in [5.41, 5.74) is 0. The lowest BCUT2D eigenvalue weighted by molar-refractivity contribution is -0.146. The van der Waals surface area contributed by atoms with Crippen LogP contribution in [-0.4, -0.2) is 45.7 Å². The summed E-state index contributed by atoms with van der Waals surface area (Å²) in [6.07, 6.45) is -0.689. The zero-order valence-corrected chi connectivity index (χ0v) is 7.73. The Morgan fingerprint density at radius 1 is 1.50 bits per heavy atom. The maximum atomic E-state index is 11.3. The van der Waals surface area contributed by atoms with E-state index in [2.05, 4.69) is 11.8 Å². The highest BCUT2D eigenvalue weighted by Gasteiger charge is 2.38. The molecule has 1 aliphatic rings. The molecule has 14 heavy (non-hydrogen) atoms. The van der Waals surface area contributed by atoms with Gasteiger partial charge in [0.2, 0.25) is 0 Å². The molecule has 0 aromatic heterocycles. The van der Waals surface area contributed by atoms with E-state index in [1.54, 1.807) is 0 Å². The van der Waals surface area contributed by atoms with Crippen molar-refractivity contribution >= 4 is 11.9 Å². The number of aliphatic hydroxyl groups excluding tert-OH is 1. The normalized spacial score (nSPS) is 25.4. The van der Waals surface area contributed by atoms with Gasteiger partial charge < -0.3 is 15.1 Å². The summed E-state index contributed by atoms with van der Waals surface area (Å²) in [5.74, 6) is 3.01. The number of hydrogen-bond acceptors (Lipinski definition) is 3. The summed E-state index contributed by atoms with van der Waals surface area (Å²) in [7, 11) is 0. The molecule has 76 valence electrons. The molecule has 5 heteroatoms.